The second-order valence-electron chi connectivity index (χ2n) is 1.52. The zero-order valence-electron chi connectivity index (χ0n) is 2.97. The molecule has 0 bridgehead atoms. The molecular formula is Cl6Sr. The summed E-state index contributed by atoms with van der Waals surface area (Å²) in [6.07, 6.45) is 0. The van der Waals surface area contributed by atoms with Gasteiger partial charge in [-0.05, 0) is 0 Å². The Morgan fingerprint density at radius 1 is 0.571 bits per heavy atom. The third kappa shape index (κ3) is 46.3. The average molecular weight is 300 g/mol. The number of rotatable bonds is 0. The van der Waals surface area contributed by atoms with Crippen molar-refractivity contribution in [2.75, 3.05) is 0 Å². The summed E-state index contributed by atoms with van der Waals surface area (Å²) in [6, 6.07) is 0. The molecule has 0 atom stereocenters. The van der Waals surface area contributed by atoms with Gasteiger partial charge in [-0.3, -0.25) is 0 Å². The van der Waals surface area contributed by atoms with Gasteiger partial charge in [-0.1, -0.05) is 0 Å². The van der Waals surface area contributed by atoms with E-state index in [4.69, 9.17) is 29.5 Å². The zero-order chi connectivity index (χ0) is 6.41. The van der Waals surface area contributed by atoms with Crippen molar-refractivity contribution in [1.29, 1.82) is 0 Å². The van der Waals surface area contributed by atoms with Gasteiger partial charge in [-0.25, -0.2) is 0 Å². The van der Waals surface area contributed by atoms with Crippen molar-refractivity contribution in [3.05, 3.63) is 0 Å². The first kappa shape index (κ1) is 10.2. The first-order valence-electron chi connectivity index (χ1n) is 1.60. The standard InChI is InChI=1S/6ClH.Sr/h6*1H;/q;;;;;;+6/p-6. The summed E-state index contributed by atoms with van der Waals surface area (Å²) in [7, 11) is 0. The molecule has 0 amide bonds. The van der Waals surface area contributed by atoms with E-state index in [-0.39, 0.29) is 0 Å². The van der Waals surface area contributed by atoms with Crippen LogP contribution in [0.1, 0.15) is 0 Å². The van der Waals surface area contributed by atoms with Crippen LogP contribution >= 0.6 is 29.5 Å². The van der Waals surface area contributed by atoms with Gasteiger partial charge < -0.3 is 0 Å². The monoisotopic (exact) mass is 298 g/mol. The quantitative estimate of drug-likeness (QED) is 0.598. The molecule has 0 radical (unpaired) electrons. The van der Waals surface area contributed by atoms with E-state index in [2.05, 4.69) is 0 Å². The van der Waals surface area contributed by atoms with Gasteiger partial charge in [-0.2, -0.15) is 0 Å². The van der Waals surface area contributed by atoms with Crippen LogP contribution < -0.4 is 0 Å². The molecule has 0 spiro atoms. The molecule has 0 aromatic carbocycles. The Morgan fingerprint density at radius 2 is 0.571 bits per heavy atom. The Kier molecular flexibility index (Phi) is 2.74. The molecule has 7 heavy (non-hydrogen) atoms. The Bertz CT molecular complexity index is 62.7. The van der Waals surface area contributed by atoms with Crippen LogP contribution in [0, 0.1) is 0 Å². The molecule has 0 heterocycles. The van der Waals surface area contributed by atoms with E-state index in [9.17, 15) is 0 Å². The van der Waals surface area contributed by atoms with Crippen molar-refractivity contribution in [1.82, 2.24) is 0 Å². The van der Waals surface area contributed by atoms with Crippen LogP contribution in [0.4, 0.5) is 0 Å². The van der Waals surface area contributed by atoms with Crippen molar-refractivity contribution in [3.63, 3.8) is 0 Å². The van der Waals surface area contributed by atoms with E-state index < -0.39 is 22.0 Å². The molecule has 7 heteroatoms. The number of hydrogen-bond donors (Lipinski definition) is 0. The topological polar surface area (TPSA) is 0 Å². The first-order chi connectivity index (χ1) is 2.45. The SMILES string of the molecule is [Cl][Sr]([Cl])([Cl])([Cl])([Cl])[Cl]. The van der Waals surface area contributed by atoms with Crippen molar-refractivity contribution >= 4 is 51.5 Å². The Labute approximate surface area is 49.2 Å². The molecule has 0 rings (SSSR count). The molecule has 0 aliphatic heterocycles. The summed E-state index contributed by atoms with van der Waals surface area (Å²) in [5.74, 6) is 0. The van der Waals surface area contributed by atoms with Crippen molar-refractivity contribution in [2.24, 2.45) is 0 Å². The van der Waals surface area contributed by atoms with Gasteiger partial charge in [0, 0.05) is 0 Å². The average Bonchev–Trinajstić information content (AvgIpc) is 0.592. The van der Waals surface area contributed by atoms with Gasteiger partial charge in [0.1, 0.15) is 0 Å². The van der Waals surface area contributed by atoms with Crippen LogP contribution in [0.15, 0.2) is 0 Å². The molecule has 0 saturated carbocycles. The third-order valence-corrected chi connectivity index (χ3v) is 0. The van der Waals surface area contributed by atoms with E-state index in [1.54, 1.807) is 0 Å². The predicted molar refractivity (Wildman–Crippen MR) is 40.9 cm³/mol. The fourth-order valence-corrected chi connectivity index (χ4v) is 0. The number of hydrogen-bond acceptors (Lipinski definition) is 0. The van der Waals surface area contributed by atoms with Crippen LogP contribution in [0.2, 0.25) is 0 Å². The second kappa shape index (κ2) is 1.88. The fraction of sp³-hybridized carbons (Fsp3) is 0. The molecule has 0 aromatic heterocycles. The van der Waals surface area contributed by atoms with Gasteiger partial charge in [0.2, 0.25) is 0 Å². The third-order valence-electron chi connectivity index (χ3n) is 0. The second-order valence-corrected chi connectivity index (χ2v) is 80.7. The van der Waals surface area contributed by atoms with Crippen LogP contribution in [0.25, 0.3) is 0 Å². The molecule has 0 aliphatic carbocycles. The summed E-state index contributed by atoms with van der Waals surface area (Å²) in [5.41, 5.74) is 0. The molecule has 0 N–H and O–H groups in total. The summed E-state index contributed by atoms with van der Waals surface area (Å²) in [5, 5.41) is 0. The van der Waals surface area contributed by atoms with Crippen molar-refractivity contribution in [3.8, 4) is 0 Å². The Hall–Kier alpha value is 3.22. The summed E-state index contributed by atoms with van der Waals surface area (Å²) < 4.78 is 0. The van der Waals surface area contributed by atoms with E-state index in [0.29, 0.717) is 0 Å². The molecule has 44 valence electrons. The van der Waals surface area contributed by atoms with E-state index in [0.717, 1.165) is 0 Å². The summed E-state index contributed by atoms with van der Waals surface area (Å²) in [4.78, 5) is 30.5. The van der Waals surface area contributed by atoms with Crippen LogP contribution in [-0.4, -0.2) is 22.0 Å². The minimum absolute atomic E-state index is 5.08. The van der Waals surface area contributed by atoms with Gasteiger partial charge >= 0.3 is 51.5 Å². The molecular weight excluding hydrogens is 300 g/mol. The Morgan fingerprint density at radius 3 is 0.571 bits per heavy atom. The molecule has 0 saturated heterocycles. The maximum atomic E-state index is 5.08. The normalized spacial score (nSPS) is 18.0. The van der Waals surface area contributed by atoms with Crippen LogP contribution in [0.5, 0.6) is 0 Å². The fourth-order valence-electron chi connectivity index (χ4n) is 0. The van der Waals surface area contributed by atoms with Gasteiger partial charge in [0.15, 0.2) is 0 Å². The van der Waals surface area contributed by atoms with E-state index in [1.165, 1.54) is 0 Å². The van der Waals surface area contributed by atoms with Crippen LogP contribution in [0.3, 0.4) is 0 Å². The van der Waals surface area contributed by atoms with Crippen molar-refractivity contribution in [2.45, 2.75) is 0 Å². The predicted octanol–water partition coefficient (Wildman–Crippen LogP) is 3.76. The van der Waals surface area contributed by atoms with Crippen LogP contribution in [-0.2, 0) is 0 Å². The molecule has 0 aromatic rings. The zero-order valence-corrected chi connectivity index (χ0v) is 11.0. The number of halogens is 6. The molecule has 0 unspecified atom stereocenters. The van der Waals surface area contributed by atoms with Gasteiger partial charge in [-0.15, -0.1) is 0 Å². The maximum absolute atomic E-state index is 5.62. The molecule has 0 aliphatic rings. The van der Waals surface area contributed by atoms with Crippen molar-refractivity contribution < 1.29 is 0 Å². The summed E-state index contributed by atoms with van der Waals surface area (Å²) in [6.45, 7) is 0. The molecule has 0 nitrogen and oxygen atoms in total. The Balaban J connectivity index is 4.43. The first-order valence-corrected chi connectivity index (χ1v) is 28.5. The van der Waals surface area contributed by atoms with E-state index in [1.807, 2.05) is 0 Å². The van der Waals surface area contributed by atoms with Gasteiger partial charge in [0.25, 0.3) is 0 Å². The van der Waals surface area contributed by atoms with Gasteiger partial charge in [0.05, 0.1) is 0 Å². The summed E-state index contributed by atoms with van der Waals surface area (Å²) >= 11 is -5.62. The molecule has 0 fully saturated rings. The van der Waals surface area contributed by atoms with E-state index >= 15 is 0 Å². The minimum atomic E-state index is -5.62.